The highest BCUT2D eigenvalue weighted by Crippen LogP contribution is 2.12. The predicted octanol–water partition coefficient (Wildman–Crippen LogP) is 4.10. The van der Waals surface area contributed by atoms with Crippen LogP contribution in [-0.2, 0) is 6.54 Å². The Balaban J connectivity index is 2.63. The van der Waals surface area contributed by atoms with Crippen molar-refractivity contribution in [2.24, 2.45) is 0 Å². The zero-order valence-electron chi connectivity index (χ0n) is 13.3. The third-order valence-corrected chi connectivity index (χ3v) is 3.73. The summed E-state index contributed by atoms with van der Waals surface area (Å²) in [6.45, 7) is 19.3. The summed E-state index contributed by atoms with van der Waals surface area (Å²) in [4.78, 5) is 0. The van der Waals surface area contributed by atoms with Crippen molar-refractivity contribution in [3.05, 3.63) is 83.9 Å². The van der Waals surface area contributed by atoms with Gasteiger partial charge in [-0.25, -0.2) is 0 Å². The van der Waals surface area contributed by atoms with Crippen LogP contribution in [0.15, 0.2) is 73.4 Å². The zero-order valence-corrected chi connectivity index (χ0v) is 13.3. The molecule has 0 aliphatic rings. The van der Waals surface area contributed by atoms with Crippen molar-refractivity contribution in [2.45, 2.75) is 19.9 Å². The predicted molar refractivity (Wildman–Crippen MR) is 99.1 cm³/mol. The Bertz CT molecular complexity index is 859. The number of aryl methyl sites for hydroxylation is 1. The largest absolute Gasteiger partial charge is 0.341 e. The van der Waals surface area contributed by atoms with Crippen LogP contribution in [0.25, 0.3) is 23.6 Å². The molecule has 2 aromatic rings. The highest BCUT2D eigenvalue weighted by atomic mass is 15.0. The minimum Gasteiger partial charge on any atom is -0.341 e. The van der Waals surface area contributed by atoms with E-state index in [1.165, 1.54) is 10.9 Å². The molecule has 1 heteroatoms. The summed E-state index contributed by atoms with van der Waals surface area (Å²) in [5.41, 5.74) is 3.00. The smallest absolute Gasteiger partial charge is 0.0491 e. The van der Waals surface area contributed by atoms with Gasteiger partial charge in [-0.3, -0.25) is 0 Å². The molecule has 22 heavy (non-hydrogen) atoms. The molecular formula is C21H23N. The standard InChI is InChI=1S/C21H23N/c1-6-8-11-16(3)17(4)15-20-18(5)22(14-7-2)21-13-10-9-12-19(20)21/h6,8-13,15H,1,3-5,7,14H2,2H3. The lowest BCUT2D eigenvalue weighted by Crippen LogP contribution is -2.27. The second-order valence-corrected chi connectivity index (χ2v) is 5.32. The molecule has 0 fully saturated rings. The number of para-hydroxylation sites is 1. The summed E-state index contributed by atoms with van der Waals surface area (Å²) < 4.78 is 2.27. The number of benzene rings is 1. The van der Waals surface area contributed by atoms with Crippen LogP contribution in [0.3, 0.4) is 0 Å². The highest BCUT2D eigenvalue weighted by Gasteiger charge is 2.05. The molecule has 0 bridgehead atoms. The van der Waals surface area contributed by atoms with Gasteiger partial charge < -0.3 is 4.57 Å². The second-order valence-electron chi connectivity index (χ2n) is 5.32. The maximum absolute atomic E-state index is 4.28. The fourth-order valence-electron chi connectivity index (χ4n) is 2.58. The van der Waals surface area contributed by atoms with Gasteiger partial charge in [0.25, 0.3) is 0 Å². The van der Waals surface area contributed by atoms with E-state index in [-0.39, 0.29) is 0 Å². The van der Waals surface area contributed by atoms with Gasteiger partial charge in [-0.2, -0.15) is 0 Å². The summed E-state index contributed by atoms with van der Waals surface area (Å²) in [7, 11) is 0. The lowest BCUT2D eigenvalue weighted by atomic mass is 10.1. The summed E-state index contributed by atoms with van der Waals surface area (Å²) in [5, 5.41) is 3.37. The number of aromatic nitrogens is 1. The van der Waals surface area contributed by atoms with E-state index < -0.39 is 0 Å². The lowest BCUT2D eigenvalue weighted by molar-refractivity contribution is 0.686. The Hall–Kier alpha value is -2.54. The number of hydrogen-bond acceptors (Lipinski definition) is 0. The first kappa shape index (κ1) is 15.8. The summed E-state index contributed by atoms with van der Waals surface area (Å²) in [5.74, 6) is 0. The first-order valence-electron chi connectivity index (χ1n) is 7.55. The molecule has 0 unspecified atom stereocenters. The van der Waals surface area contributed by atoms with E-state index in [0.717, 1.165) is 34.7 Å². The Labute approximate surface area is 132 Å². The van der Waals surface area contributed by atoms with E-state index in [0.29, 0.717) is 0 Å². The SMILES string of the molecule is C=CC=CC(=C)C(=C)C=c1c(=C)n(CCC)c2ccccc12. The van der Waals surface area contributed by atoms with Gasteiger partial charge in [0, 0.05) is 28.0 Å². The van der Waals surface area contributed by atoms with Crippen LogP contribution < -0.4 is 10.6 Å². The van der Waals surface area contributed by atoms with Crippen molar-refractivity contribution < 1.29 is 0 Å². The van der Waals surface area contributed by atoms with E-state index in [2.05, 4.69) is 68.1 Å². The Morgan fingerprint density at radius 1 is 1.18 bits per heavy atom. The average Bonchev–Trinajstić information content (AvgIpc) is 2.79. The summed E-state index contributed by atoms with van der Waals surface area (Å²) in [6, 6.07) is 8.41. The molecule has 1 heterocycles. The van der Waals surface area contributed by atoms with Gasteiger partial charge in [-0.15, -0.1) is 0 Å². The monoisotopic (exact) mass is 289 g/mol. The topological polar surface area (TPSA) is 4.93 Å². The van der Waals surface area contributed by atoms with Crippen molar-refractivity contribution in [1.82, 2.24) is 4.57 Å². The van der Waals surface area contributed by atoms with Crippen LogP contribution in [0.1, 0.15) is 13.3 Å². The van der Waals surface area contributed by atoms with Crippen LogP contribution in [0, 0.1) is 0 Å². The third kappa shape index (κ3) is 3.04. The molecule has 112 valence electrons. The quantitative estimate of drug-likeness (QED) is 0.706. The number of hydrogen-bond donors (Lipinski definition) is 0. The number of fused-ring (bicyclic) bond motifs is 1. The van der Waals surface area contributed by atoms with Gasteiger partial charge in [-0.1, -0.05) is 69.7 Å². The summed E-state index contributed by atoms with van der Waals surface area (Å²) >= 11 is 0. The van der Waals surface area contributed by atoms with Crippen LogP contribution in [-0.4, -0.2) is 4.57 Å². The van der Waals surface area contributed by atoms with Crippen molar-refractivity contribution in [1.29, 1.82) is 0 Å². The Kier molecular flexibility index (Phi) is 5.00. The first-order chi connectivity index (χ1) is 10.6. The maximum Gasteiger partial charge on any atom is 0.0491 e. The third-order valence-electron chi connectivity index (χ3n) is 3.73. The molecular weight excluding hydrogens is 266 g/mol. The Morgan fingerprint density at radius 3 is 2.59 bits per heavy atom. The van der Waals surface area contributed by atoms with Crippen LogP contribution in [0.5, 0.6) is 0 Å². The zero-order chi connectivity index (χ0) is 16.1. The molecule has 0 aliphatic heterocycles. The molecule has 0 atom stereocenters. The van der Waals surface area contributed by atoms with E-state index >= 15 is 0 Å². The van der Waals surface area contributed by atoms with Crippen molar-refractivity contribution in [3.8, 4) is 0 Å². The lowest BCUT2D eigenvalue weighted by Gasteiger charge is -2.02. The van der Waals surface area contributed by atoms with Gasteiger partial charge in [0.2, 0.25) is 0 Å². The maximum atomic E-state index is 4.28. The molecule has 0 spiro atoms. The van der Waals surface area contributed by atoms with Gasteiger partial charge >= 0.3 is 0 Å². The minimum absolute atomic E-state index is 0.881. The fraction of sp³-hybridized carbons (Fsp3) is 0.143. The Morgan fingerprint density at radius 2 is 1.91 bits per heavy atom. The van der Waals surface area contributed by atoms with E-state index in [1.54, 1.807) is 6.08 Å². The fourth-order valence-corrected chi connectivity index (χ4v) is 2.58. The van der Waals surface area contributed by atoms with Crippen molar-refractivity contribution in [3.63, 3.8) is 0 Å². The van der Waals surface area contributed by atoms with Gasteiger partial charge in [-0.05, 0) is 29.7 Å². The van der Waals surface area contributed by atoms with Crippen LogP contribution >= 0.6 is 0 Å². The number of nitrogens with zero attached hydrogens (tertiary/aromatic N) is 1. The van der Waals surface area contributed by atoms with Crippen LogP contribution in [0.2, 0.25) is 0 Å². The molecule has 1 aromatic carbocycles. The molecule has 1 aromatic heterocycles. The molecule has 0 amide bonds. The molecule has 0 N–H and O–H groups in total. The molecule has 0 radical (unpaired) electrons. The molecule has 1 nitrogen and oxygen atoms in total. The first-order valence-corrected chi connectivity index (χ1v) is 7.55. The van der Waals surface area contributed by atoms with Crippen molar-refractivity contribution >= 4 is 23.6 Å². The minimum atomic E-state index is 0.881. The van der Waals surface area contributed by atoms with E-state index in [4.69, 9.17) is 0 Å². The number of allylic oxidation sites excluding steroid dienone is 5. The van der Waals surface area contributed by atoms with E-state index in [1.807, 2.05) is 12.2 Å². The van der Waals surface area contributed by atoms with Gasteiger partial charge in [0.1, 0.15) is 0 Å². The van der Waals surface area contributed by atoms with Crippen molar-refractivity contribution in [2.75, 3.05) is 0 Å². The number of rotatable bonds is 6. The molecule has 0 saturated heterocycles. The highest BCUT2D eigenvalue weighted by molar-refractivity contribution is 5.83. The second kappa shape index (κ2) is 6.95. The van der Waals surface area contributed by atoms with E-state index in [9.17, 15) is 0 Å². The normalized spacial score (nSPS) is 12.1. The summed E-state index contributed by atoms with van der Waals surface area (Å²) in [6.07, 6.45) is 8.67. The molecule has 2 rings (SSSR count). The van der Waals surface area contributed by atoms with Gasteiger partial charge in [0.15, 0.2) is 0 Å². The molecule has 0 saturated carbocycles. The molecule has 0 aliphatic carbocycles. The average molecular weight is 289 g/mol. The van der Waals surface area contributed by atoms with Crippen LogP contribution in [0.4, 0.5) is 0 Å². The van der Waals surface area contributed by atoms with Gasteiger partial charge in [0.05, 0.1) is 0 Å².